The second kappa shape index (κ2) is 5.52. The Kier molecular flexibility index (Phi) is 4.51. The van der Waals surface area contributed by atoms with Crippen LogP contribution in [-0.2, 0) is 25.7 Å². The SMILES string of the molecule is CC(=O)OCc1nccc(S(C)(=O)=C(C)C)c1C. The lowest BCUT2D eigenvalue weighted by Gasteiger charge is -2.14. The molecule has 0 N–H and O–H groups in total. The van der Waals surface area contributed by atoms with Crippen molar-refractivity contribution in [3.8, 4) is 0 Å². The molecule has 0 radical (unpaired) electrons. The number of aromatic nitrogens is 1. The van der Waals surface area contributed by atoms with E-state index in [1.807, 2.05) is 20.8 Å². The summed E-state index contributed by atoms with van der Waals surface area (Å²) in [6.07, 6.45) is 3.33. The van der Waals surface area contributed by atoms with Gasteiger partial charge in [0.25, 0.3) is 0 Å². The van der Waals surface area contributed by atoms with E-state index in [0.717, 1.165) is 15.3 Å². The molecule has 1 aromatic heterocycles. The highest BCUT2D eigenvalue weighted by Gasteiger charge is 2.13. The van der Waals surface area contributed by atoms with Gasteiger partial charge in [-0.15, -0.1) is 0 Å². The van der Waals surface area contributed by atoms with E-state index in [9.17, 15) is 9.00 Å². The largest absolute Gasteiger partial charge is 0.459 e. The zero-order chi connectivity index (χ0) is 13.9. The van der Waals surface area contributed by atoms with Gasteiger partial charge in [0.05, 0.1) is 5.69 Å². The van der Waals surface area contributed by atoms with Crippen molar-refractivity contribution in [2.45, 2.75) is 39.2 Å². The van der Waals surface area contributed by atoms with Gasteiger partial charge in [-0.05, 0) is 46.8 Å². The average molecular weight is 269 g/mol. The van der Waals surface area contributed by atoms with Gasteiger partial charge < -0.3 is 4.74 Å². The Labute approximate surface area is 108 Å². The summed E-state index contributed by atoms with van der Waals surface area (Å²) in [5.41, 5.74) is 1.48. The van der Waals surface area contributed by atoms with Crippen molar-refractivity contribution in [2.75, 3.05) is 6.26 Å². The predicted molar refractivity (Wildman–Crippen MR) is 73.1 cm³/mol. The first-order valence-corrected chi connectivity index (χ1v) is 7.60. The molecule has 1 heterocycles. The number of hydrogen-bond donors (Lipinski definition) is 0. The number of pyridine rings is 1. The summed E-state index contributed by atoms with van der Waals surface area (Å²) in [7, 11) is -2.18. The summed E-state index contributed by atoms with van der Waals surface area (Å²) in [5, 5.41) is 0. The summed E-state index contributed by atoms with van der Waals surface area (Å²) in [4.78, 5) is 16.6. The maximum Gasteiger partial charge on any atom is 0.303 e. The van der Waals surface area contributed by atoms with Gasteiger partial charge in [0.1, 0.15) is 6.61 Å². The van der Waals surface area contributed by atoms with E-state index in [0.29, 0.717) is 5.69 Å². The first-order valence-electron chi connectivity index (χ1n) is 5.64. The molecule has 0 amide bonds. The van der Waals surface area contributed by atoms with Gasteiger partial charge in [-0.25, -0.2) is 0 Å². The van der Waals surface area contributed by atoms with E-state index in [1.165, 1.54) is 6.92 Å². The maximum absolute atomic E-state index is 12.6. The molecular weight excluding hydrogens is 250 g/mol. The van der Waals surface area contributed by atoms with Crippen LogP contribution in [0.1, 0.15) is 32.0 Å². The van der Waals surface area contributed by atoms with Crippen molar-refractivity contribution in [1.29, 1.82) is 0 Å². The summed E-state index contributed by atoms with van der Waals surface area (Å²) < 4.78 is 17.6. The van der Waals surface area contributed by atoms with E-state index in [4.69, 9.17) is 4.74 Å². The second-order valence-electron chi connectivity index (χ2n) is 4.41. The molecule has 0 saturated heterocycles. The smallest absolute Gasteiger partial charge is 0.303 e. The predicted octanol–water partition coefficient (Wildman–Crippen LogP) is 1.94. The summed E-state index contributed by atoms with van der Waals surface area (Å²) in [6, 6.07) is 1.77. The normalized spacial score (nSPS) is 13.8. The molecule has 100 valence electrons. The van der Waals surface area contributed by atoms with Gasteiger partial charge in [-0.2, -0.15) is 0 Å². The molecule has 1 unspecified atom stereocenters. The molecular formula is C13H19NO3S. The second-order valence-corrected chi connectivity index (χ2v) is 7.36. The van der Waals surface area contributed by atoms with Crippen molar-refractivity contribution < 1.29 is 13.7 Å². The third-order valence-electron chi connectivity index (χ3n) is 2.87. The average Bonchev–Trinajstić information content (AvgIpc) is 2.27. The zero-order valence-corrected chi connectivity index (χ0v) is 12.3. The van der Waals surface area contributed by atoms with Crippen molar-refractivity contribution >= 4 is 20.4 Å². The molecule has 0 aliphatic carbocycles. The Balaban J connectivity index is 3.27. The molecule has 0 aliphatic heterocycles. The highest BCUT2D eigenvalue weighted by Crippen LogP contribution is 2.19. The van der Waals surface area contributed by atoms with Crippen LogP contribution < -0.4 is 0 Å². The topological polar surface area (TPSA) is 56.3 Å². The van der Waals surface area contributed by atoms with Crippen LogP contribution in [0.25, 0.3) is 0 Å². The standard InChI is InChI=1S/C13H19NO3S/c1-9(2)18(5,16)13-6-7-14-12(10(13)3)8-17-11(4)15/h6-7H,8H2,1-5H3. The van der Waals surface area contributed by atoms with Crippen LogP contribution in [0.4, 0.5) is 0 Å². The summed E-state index contributed by atoms with van der Waals surface area (Å²) in [5.74, 6) is -0.350. The van der Waals surface area contributed by atoms with Crippen LogP contribution in [0.2, 0.25) is 0 Å². The molecule has 4 nitrogen and oxygen atoms in total. The molecule has 0 aromatic carbocycles. The fourth-order valence-electron chi connectivity index (χ4n) is 1.52. The highest BCUT2D eigenvalue weighted by atomic mass is 32.2. The van der Waals surface area contributed by atoms with Crippen LogP contribution in [0.3, 0.4) is 0 Å². The quantitative estimate of drug-likeness (QED) is 0.621. The number of rotatable bonds is 3. The monoisotopic (exact) mass is 269 g/mol. The van der Waals surface area contributed by atoms with Gasteiger partial charge >= 0.3 is 5.97 Å². The Morgan fingerprint density at radius 1 is 1.39 bits per heavy atom. The lowest BCUT2D eigenvalue weighted by atomic mass is 10.2. The maximum atomic E-state index is 12.6. The Bertz CT molecular complexity index is 580. The van der Waals surface area contributed by atoms with Crippen molar-refractivity contribution in [3.05, 3.63) is 23.5 Å². The van der Waals surface area contributed by atoms with E-state index >= 15 is 0 Å². The molecule has 18 heavy (non-hydrogen) atoms. The molecule has 1 aromatic rings. The van der Waals surface area contributed by atoms with E-state index in [-0.39, 0.29) is 12.6 Å². The lowest BCUT2D eigenvalue weighted by molar-refractivity contribution is -0.142. The summed E-state index contributed by atoms with van der Waals surface area (Å²) >= 11 is 0. The van der Waals surface area contributed by atoms with Crippen LogP contribution in [0.15, 0.2) is 17.2 Å². The molecule has 0 aliphatic rings. The van der Waals surface area contributed by atoms with Gasteiger partial charge in [-0.3, -0.25) is 14.0 Å². The minimum Gasteiger partial charge on any atom is -0.459 e. The van der Waals surface area contributed by atoms with Crippen molar-refractivity contribution in [3.63, 3.8) is 0 Å². The molecule has 0 bridgehead atoms. The minimum atomic E-state index is -2.18. The van der Waals surface area contributed by atoms with Crippen molar-refractivity contribution in [1.82, 2.24) is 4.98 Å². The van der Waals surface area contributed by atoms with Gasteiger partial charge in [0, 0.05) is 24.3 Å². The Morgan fingerprint density at radius 3 is 2.50 bits per heavy atom. The number of ether oxygens (including phenoxy) is 1. The fourth-order valence-corrected chi connectivity index (χ4v) is 2.98. The molecule has 0 spiro atoms. The number of nitrogens with zero attached hydrogens (tertiary/aromatic N) is 1. The van der Waals surface area contributed by atoms with Gasteiger partial charge in [0.15, 0.2) is 0 Å². The van der Waals surface area contributed by atoms with Crippen LogP contribution in [0.5, 0.6) is 0 Å². The zero-order valence-electron chi connectivity index (χ0n) is 11.4. The van der Waals surface area contributed by atoms with Gasteiger partial charge in [0.2, 0.25) is 0 Å². The van der Waals surface area contributed by atoms with E-state index in [1.54, 1.807) is 18.5 Å². The first kappa shape index (κ1) is 14.7. The van der Waals surface area contributed by atoms with Crippen molar-refractivity contribution in [2.24, 2.45) is 0 Å². The number of carbonyl (C=O) groups is 1. The molecule has 5 heteroatoms. The highest BCUT2D eigenvalue weighted by molar-refractivity contribution is 8.01. The van der Waals surface area contributed by atoms with Crippen LogP contribution in [0, 0.1) is 6.92 Å². The number of carbonyl (C=O) groups excluding carboxylic acids is 1. The number of hydrogen-bond acceptors (Lipinski definition) is 4. The minimum absolute atomic E-state index is 0.118. The Morgan fingerprint density at radius 2 is 2.00 bits per heavy atom. The fraction of sp³-hybridized carbons (Fsp3) is 0.462. The van der Waals surface area contributed by atoms with E-state index < -0.39 is 9.52 Å². The molecule has 0 saturated carbocycles. The van der Waals surface area contributed by atoms with E-state index in [2.05, 4.69) is 4.98 Å². The molecule has 0 fully saturated rings. The first-order chi connectivity index (χ1) is 8.26. The lowest BCUT2D eigenvalue weighted by Crippen LogP contribution is -2.12. The number of esters is 1. The Hall–Kier alpha value is -1.36. The van der Waals surface area contributed by atoms with Crippen LogP contribution >= 0.6 is 0 Å². The van der Waals surface area contributed by atoms with Gasteiger partial charge in [-0.1, -0.05) is 0 Å². The third kappa shape index (κ3) is 3.10. The third-order valence-corrected chi connectivity index (χ3v) is 5.71. The molecule has 1 atom stereocenters. The van der Waals surface area contributed by atoms with Crippen LogP contribution in [-0.4, -0.2) is 26.3 Å². The molecule has 1 rings (SSSR count). The summed E-state index contributed by atoms with van der Waals surface area (Å²) in [6.45, 7) is 7.04.